The van der Waals surface area contributed by atoms with Gasteiger partial charge >= 0.3 is 11.9 Å². The summed E-state index contributed by atoms with van der Waals surface area (Å²) in [5, 5.41) is 0. The molecular weight excluding hydrogens is 412 g/mol. The van der Waals surface area contributed by atoms with Crippen molar-refractivity contribution in [1.82, 2.24) is 0 Å². The van der Waals surface area contributed by atoms with Gasteiger partial charge in [0.05, 0.1) is 5.92 Å². The molecule has 0 aromatic carbocycles. The Morgan fingerprint density at radius 1 is 1.13 bits per heavy atom. The van der Waals surface area contributed by atoms with Crippen molar-refractivity contribution in [3.63, 3.8) is 0 Å². The van der Waals surface area contributed by atoms with E-state index in [1.165, 1.54) is 6.92 Å². The van der Waals surface area contributed by atoms with Gasteiger partial charge in [-0.3, -0.25) is 9.59 Å². The van der Waals surface area contributed by atoms with Crippen LogP contribution in [0.1, 0.15) is 54.9 Å². The van der Waals surface area contributed by atoms with Crippen LogP contribution >= 0.6 is 0 Å². The average Bonchev–Trinajstić information content (AvgIpc) is 3.16. The van der Waals surface area contributed by atoms with Gasteiger partial charge in [0, 0.05) is 18.4 Å². The second-order valence-corrected chi connectivity index (χ2v) is 15.7. The van der Waals surface area contributed by atoms with E-state index in [0.717, 1.165) is 11.5 Å². The molecular formula is C24H35O6Si. The minimum atomic E-state index is -2.27. The third kappa shape index (κ3) is 2.91. The molecule has 2 fully saturated rings. The van der Waals surface area contributed by atoms with Gasteiger partial charge in [0.25, 0.3) is 0 Å². The summed E-state index contributed by atoms with van der Waals surface area (Å²) in [4.78, 5) is 24.3. The van der Waals surface area contributed by atoms with Gasteiger partial charge < -0.3 is 18.6 Å². The van der Waals surface area contributed by atoms with Gasteiger partial charge in [0.15, 0.2) is 11.7 Å². The Morgan fingerprint density at radius 2 is 1.74 bits per heavy atom. The summed E-state index contributed by atoms with van der Waals surface area (Å²) in [6.45, 7) is 19.1. The van der Waals surface area contributed by atoms with E-state index in [4.69, 9.17) is 18.6 Å². The van der Waals surface area contributed by atoms with Crippen LogP contribution in [0.15, 0.2) is 24.0 Å². The lowest BCUT2D eigenvalue weighted by molar-refractivity contribution is -0.154. The number of hydrogen-bond acceptors (Lipinski definition) is 6. The number of hydrogen-bond donors (Lipinski definition) is 0. The van der Waals surface area contributed by atoms with E-state index in [0.29, 0.717) is 28.8 Å². The Bertz CT molecular complexity index is 808. The molecule has 4 rings (SSSR count). The summed E-state index contributed by atoms with van der Waals surface area (Å²) in [7, 11) is -2.27. The lowest BCUT2D eigenvalue weighted by Crippen LogP contribution is -2.58. The maximum Gasteiger partial charge on any atom is 0.313 e. The Morgan fingerprint density at radius 3 is 2.23 bits per heavy atom. The topological polar surface area (TPSA) is 71.1 Å². The van der Waals surface area contributed by atoms with Crippen LogP contribution in [0.4, 0.5) is 0 Å². The molecule has 0 amide bonds. The molecule has 171 valence electrons. The Hall–Kier alpha value is -1.60. The number of fused-ring (bicyclic) bond motifs is 1. The highest BCUT2D eigenvalue weighted by atomic mass is 28.4. The number of esters is 2. The molecule has 0 aromatic heterocycles. The Kier molecular flexibility index (Phi) is 5.45. The largest absolute Gasteiger partial charge is 0.485 e. The van der Waals surface area contributed by atoms with Crippen molar-refractivity contribution >= 4 is 20.3 Å². The third-order valence-corrected chi connectivity index (χ3v) is 14.1. The molecule has 5 atom stereocenters. The van der Waals surface area contributed by atoms with Gasteiger partial charge in [0.1, 0.15) is 24.4 Å². The lowest BCUT2D eigenvalue weighted by Gasteiger charge is -2.49. The molecule has 4 aliphatic rings. The number of cyclic esters (lactones) is 1. The van der Waals surface area contributed by atoms with E-state index >= 15 is 0 Å². The molecule has 1 saturated heterocycles. The van der Waals surface area contributed by atoms with Gasteiger partial charge in [-0.05, 0) is 23.0 Å². The molecule has 0 unspecified atom stereocenters. The van der Waals surface area contributed by atoms with Crippen molar-refractivity contribution < 1.29 is 28.2 Å². The highest BCUT2D eigenvalue weighted by molar-refractivity contribution is 6.77. The van der Waals surface area contributed by atoms with E-state index in [1.54, 1.807) is 6.08 Å². The zero-order chi connectivity index (χ0) is 22.9. The summed E-state index contributed by atoms with van der Waals surface area (Å²) >= 11 is 0. The SMILES string of the molecule is C=C[C]1C2=C([C@@H](OC(C)=O)[C@@H]1O[Si](C(C)C)(C(C)C)C(C)C)[C@H]1C[C@@H]3C(=O)OC[C@@]31O2. The minimum Gasteiger partial charge on any atom is -0.485 e. The lowest BCUT2D eigenvalue weighted by atomic mass is 9.60. The molecule has 31 heavy (non-hydrogen) atoms. The Balaban J connectivity index is 1.73. The number of ether oxygens (including phenoxy) is 3. The first-order valence-electron chi connectivity index (χ1n) is 11.5. The fraction of sp³-hybridized carbons (Fsp3) is 0.708. The highest BCUT2D eigenvalue weighted by Gasteiger charge is 2.74. The van der Waals surface area contributed by atoms with Gasteiger partial charge in [-0.15, -0.1) is 6.58 Å². The molecule has 6 nitrogen and oxygen atoms in total. The first kappa shape index (κ1) is 22.6. The van der Waals surface area contributed by atoms with Crippen molar-refractivity contribution in [2.75, 3.05) is 6.61 Å². The van der Waals surface area contributed by atoms with Crippen molar-refractivity contribution in [3.8, 4) is 0 Å². The van der Waals surface area contributed by atoms with Crippen LogP contribution in [0.5, 0.6) is 0 Å². The van der Waals surface area contributed by atoms with Gasteiger partial charge in [-0.2, -0.15) is 0 Å². The fourth-order valence-electron chi connectivity index (χ4n) is 6.74. The van der Waals surface area contributed by atoms with Crippen LogP contribution in [-0.2, 0) is 28.2 Å². The molecule has 2 heterocycles. The van der Waals surface area contributed by atoms with E-state index in [2.05, 4.69) is 48.1 Å². The summed E-state index contributed by atoms with van der Waals surface area (Å²) in [6.07, 6.45) is 1.45. The second-order valence-electron chi connectivity index (χ2n) is 10.3. The van der Waals surface area contributed by atoms with Crippen LogP contribution in [0.3, 0.4) is 0 Å². The van der Waals surface area contributed by atoms with Gasteiger partial charge in [-0.25, -0.2) is 0 Å². The first-order chi connectivity index (χ1) is 14.5. The van der Waals surface area contributed by atoms with Crippen molar-refractivity contribution in [2.45, 2.75) is 89.3 Å². The van der Waals surface area contributed by atoms with E-state index in [1.807, 2.05) is 0 Å². The minimum absolute atomic E-state index is 0.0000617. The molecule has 1 saturated carbocycles. The number of carbonyl (C=O) groups excluding carboxylic acids is 2. The molecule has 0 aromatic rings. The van der Waals surface area contributed by atoms with Crippen LogP contribution in [-0.4, -0.2) is 44.7 Å². The van der Waals surface area contributed by atoms with E-state index in [-0.39, 0.29) is 30.4 Å². The van der Waals surface area contributed by atoms with Gasteiger partial charge in [-0.1, -0.05) is 47.6 Å². The fourth-order valence-corrected chi connectivity index (χ4v) is 12.2. The standard InChI is InChI=1S/C24H35O6Si/c1-9-16-20-19(17-10-18-23(26)27-11-24(17,18)29-20)22(28-15(8)25)21(16)30-31(12(2)3,13(4)5)14(6)7/h9,12-14,17-18,21-22H,1,10-11H2,2-8H3/t17-,18-,21-,22-,24+/m1/s1. The summed E-state index contributed by atoms with van der Waals surface area (Å²) in [5.41, 5.74) is 1.44. The first-order valence-corrected chi connectivity index (χ1v) is 13.6. The summed E-state index contributed by atoms with van der Waals surface area (Å²) < 4.78 is 24.8. The molecule has 0 bridgehead atoms. The summed E-state index contributed by atoms with van der Waals surface area (Å²) in [6, 6.07) is 0. The Labute approximate surface area is 186 Å². The number of rotatable bonds is 7. The second kappa shape index (κ2) is 7.48. The zero-order valence-corrected chi connectivity index (χ0v) is 20.7. The quantitative estimate of drug-likeness (QED) is 0.424. The average molecular weight is 448 g/mol. The summed E-state index contributed by atoms with van der Waals surface area (Å²) in [5.74, 6) is 0.748. The van der Waals surface area contributed by atoms with Crippen molar-refractivity contribution in [1.29, 1.82) is 0 Å². The van der Waals surface area contributed by atoms with Crippen LogP contribution < -0.4 is 0 Å². The van der Waals surface area contributed by atoms with Crippen LogP contribution in [0.25, 0.3) is 0 Å². The van der Waals surface area contributed by atoms with E-state index < -0.39 is 26.1 Å². The predicted molar refractivity (Wildman–Crippen MR) is 118 cm³/mol. The monoisotopic (exact) mass is 447 g/mol. The van der Waals surface area contributed by atoms with Crippen LogP contribution in [0.2, 0.25) is 16.6 Å². The molecule has 1 radical (unpaired) electrons. The molecule has 7 heteroatoms. The predicted octanol–water partition coefficient (Wildman–Crippen LogP) is 4.47. The normalized spacial score (nSPS) is 34.5. The third-order valence-electron chi connectivity index (χ3n) is 8.01. The maximum atomic E-state index is 12.1. The highest BCUT2D eigenvalue weighted by Crippen LogP contribution is 2.65. The number of carbonyl (C=O) groups is 2. The van der Waals surface area contributed by atoms with Crippen molar-refractivity contribution in [3.05, 3.63) is 29.9 Å². The molecule has 2 aliphatic heterocycles. The van der Waals surface area contributed by atoms with Gasteiger partial charge in [0.2, 0.25) is 8.32 Å². The van der Waals surface area contributed by atoms with Crippen molar-refractivity contribution in [2.24, 2.45) is 11.8 Å². The van der Waals surface area contributed by atoms with E-state index in [9.17, 15) is 9.59 Å². The van der Waals surface area contributed by atoms with Crippen LogP contribution in [0, 0.1) is 17.8 Å². The smallest absolute Gasteiger partial charge is 0.313 e. The molecule has 2 aliphatic carbocycles. The molecule has 0 N–H and O–H groups in total. The maximum absolute atomic E-state index is 12.1. The molecule has 1 spiro atoms. The zero-order valence-electron chi connectivity index (χ0n) is 19.7.